The van der Waals surface area contributed by atoms with Gasteiger partial charge >= 0.3 is 5.97 Å². The van der Waals surface area contributed by atoms with Crippen molar-refractivity contribution < 1.29 is 42.6 Å². The number of esters is 1. The Kier molecular flexibility index (Phi) is 11.9. The second kappa shape index (κ2) is 17.5. The first-order valence-corrected chi connectivity index (χ1v) is 20.5. The molecular weight excluding hydrogens is 804 g/mol. The van der Waals surface area contributed by atoms with E-state index in [4.69, 9.17) is 39.8 Å². The van der Waals surface area contributed by atoms with Crippen LogP contribution in [0, 0.1) is 0 Å². The smallest absolute Gasteiger partial charge is 0.331 e. The minimum absolute atomic E-state index is 0.0795. The normalized spacial score (nSPS) is 18.1. The lowest BCUT2D eigenvalue weighted by Crippen LogP contribution is -2.57. The van der Waals surface area contributed by atoms with Gasteiger partial charge < -0.3 is 33.1 Å². The molecule has 2 unspecified atom stereocenters. The number of amides is 1. The molecule has 1 amide bonds. The molecule has 8 rings (SSSR count). The Hall–Kier alpha value is -6.24. The number of carbonyl (C=O) groups is 3. The number of β-lactam (4-membered cyclic amide) rings is 1. The zero-order valence-corrected chi connectivity index (χ0v) is 34.6. The maximum absolute atomic E-state index is 14.3. The first-order chi connectivity index (χ1) is 29.1. The molecule has 0 radical (unpaired) electrons. The van der Waals surface area contributed by atoms with Crippen molar-refractivity contribution in [2.45, 2.75) is 55.2 Å². The standard InChI is InChI=1S/C47H41ClN2O9S/c1-47(45(50-40(52)26-41(50)60-47)46(53)58-43(31-10-6-4-7-11-31)32-12-8-5-9-13-32)39-25-35(59-49-39)24-37(51)36-22-23-38(56-27-29-14-18-33(54-2)19-15-29)44(42(36)48)57-28-30-16-20-34(55-3)21-17-30/h4-23,25,41,43,45H,24,26-28H2,1-3H3/t41?,45-,47?/m0/s1. The van der Waals surface area contributed by atoms with Crippen LogP contribution in [0.5, 0.6) is 23.0 Å². The van der Waals surface area contributed by atoms with E-state index in [0.717, 1.165) is 28.0 Å². The summed E-state index contributed by atoms with van der Waals surface area (Å²) >= 11 is 8.43. The van der Waals surface area contributed by atoms with E-state index in [-0.39, 0.29) is 65.2 Å². The zero-order valence-electron chi connectivity index (χ0n) is 33.0. The van der Waals surface area contributed by atoms with Crippen LogP contribution in [0.1, 0.15) is 63.5 Å². The largest absolute Gasteiger partial charge is 0.497 e. The molecule has 2 fully saturated rings. The number of halogens is 1. The maximum atomic E-state index is 14.3. The summed E-state index contributed by atoms with van der Waals surface area (Å²) in [5.74, 6) is 1.18. The SMILES string of the molecule is COc1ccc(COc2ccc(C(=O)Cc3cc(C4(C)SC5CC(=O)N5[C@H]4C(=O)OC(c4ccccc4)c4ccccc4)no3)c(Cl)c2OCc2ccc(OC)cc2)cc1. The van der Waals surface area contributed by atoms with Gasteiger partial charge in [-0.1, -0.05) is 102 Å². The van der Waals surface area contributed by atoms with Crippen molar-refractivity contribution >= 4 is 41.0 Å². The third-order valence-electron chi connectivity index (χ3n) is 10.6. The van der Waals surface area contributed by atoms with E-state index in [1.807, 2.05) is 116 Å². The number of methoxy groups -OCH3 is 2. The monoisotopic (exact) mass is 844 g/mol. The molecular formula is C47H41ClN2O9S. The Balaban J connectivity index is 1.03. The quantitative estimate of drug-likeness (QED) is 0.0526. The Morgan fingerprint density at radius 3 is 1.98 bits per heavy atom. The molecule has 0 N–H and O–H groups in total. The average Bonchev–Trinajstić information content (AvgIpc) is 3.85. The molecule has 60 heavy (non-hydrogen) atoms. The van der Waals surface area contributed by atoms with Crippen LogP contribution in [0.15, 0.2) is 132 Å². The van der Waals surface area contributed by atoms with Crippen LogP contribution in [0.25, 0.3) is 0 Å². The molecule has 0 saturated carbocycles. The third kappa shape index (κ3) is 8.30. The molecule has 0 aliphatic carbocycles. The Bertz CT molecular complexity index is 2440. The first kappa shape index (κ1) is 40.5. The van der Waals surface area contributed by atoms with Crippen molar-refractivity contribution in [2.24, 2.45) is 0 Å². The van der Waals surface area contributed by atoms with Crippen molar-refractivity contribution in [1.29, 1.82) is 0 Å². The highest BCUT2D eigenvalue weighted by atomic mass is 35.5. The molecule has 3 atom stereocenters. The Morgan fingerprint density at radius 1 is 0.833 bits per heavy atom. The lowest BCUT2D eigenvalue weighted by atomic mass is 9.92. The molecule has 5 aromatic carbocycles. The van der Waals surface area contributed by atoms with Crippen molar-refractivity contribution in [3.8, 4) is 23.0 Å². The van der Waals surface area contributed by atoms with Gasteiger partial charge in [-0.25, -0.2) is 4.79 Å². The van der Waals surface area contributed by atoms with Crippen LogP contribution < -0.4 is 18.9 Å². The van der Waals surface area contributed by atoms with Crippen LogP contribution in [0.4, 0.5) is 0 Å². The molecule has 306 valence electrons. The second-order valence-electron chi connectivity index (χ2n) is 14.5. The van der Waals surface area contributed by atoms with Crippen molar-refractivity contribution in [3.05, 3.63) is 172 Å². The molecule has 3 heterocycles. The van der Waals surface area contributed by atoms with E-state index in [0.29, 0.717) is 17.2 Å². The van der Waals surface area contributed by atoms with E-state index in [1.54, 1.807) is 37.3 Å². The van der Waals surface area contributed by atoms with Crippen molar-refractivity contribution in [1.82, 2.24) is 10.1 Å². The molecule has 6 aromatic rings. The minimum Gasteiger partial charge on any atom is -0.497 e. The predicted molar refractivity (Wildman–Crippen MR) is 225 cm³/mol. The molecule has 2 saturated heterocycles. The van der Waals surface area contributed by atoms with Gasteiger partial charge in [0.25, 0.3) is 0 Å². The summed E-state index contributed by atoms with van der Waals surface area (Å²) in [6.45, 7) is 2.21. The van der Waals surface area contributed by atoms with Gasteiger partial charge in [0.2, 0.25) is 5.91 Å². The summed E-state index contributed by atoms with van der Waals surface area (Å²) in [6, 6.07) is 37.7. The third-order valence-corrected chi connectivity index (χ3v) is 12.6. The topological polar surface area (TPSA) is 127 Å². The number of benzene rings is 5. The van der Waals surface area contributed by atoms with E-state index < -0.39 is 22.9 Å². The highest BCUT2D eigenvalue weighted by Gasteiger charge is 2.63. The van der Waals surface area contributed by atoms with Gasteiger partial charge in [0.05, 0.1) is 42.2 Å². The Labute approximate surface area is 356 Å². The van der Waals surface area contributed by atoms with Gasteiger partial charge in [-0.3, -0.25) is 9.59 Å². The van der Waals surface area contributed by atoms with Crippen LogP contribution in [0.3, 0.4) is 0 Å². The molecule has 2 aliphatic heterocycles. The highest BCUT2D eigenvalue weighted by molar-refractivity contribution is 8.01. The number of aromatic nitrogens is 1. The summed E-state index contributed by atoms with van der Waals surface area (Å²) in [7, 11) is 3.20. The minimum atomic E-state index is -1.04. The fourth-order valence-corrected chi connectivity index (χ4v) is 9.39. The highest BCUT2D eigenvalue weighted by Crippen LogP contribution is 2.56. The summed E-state index contributed by atoms with van der Waals surface area (Å²) in [6.07, 6.45) is -0.609. The number of ether oxygens (including phenoxy) is 5. The first-order valence-electron chi connectivity index (χ1n) is 19.3. The van der Waals surface area contributed by atoms with Gasteiger partial charge in [-0.05, 0) is 65.6 Å². The van der Waals surface area contributed by atoms with Crippen LogP contribution in [-0.4, -0.2) is 53.4 Å². The second-order valence-corrected chi connectivity index (χ2v) is 16.5. The molecule has 11 nitrogen and oxygen atoms in total. The summed E-state index contributed by atoms with van der Waals surface area (Å²) in [5.41, 5.74) is 3.93. The van der Waals surface area contributed by atoms with E-state index in [9.17, 15) is 14.4 Å². The summed E-state index contributed by atoms with van der Waals surface area (Å²) < 4.78 is 34.0. The number of Topliss-reactive ketones (excluding diaryl/α,β-unsaturated/α-hetero) is 1. The lowest BCUT2D eigenvalue weighted by molar-refractivity contribution is -0.164. The van der Waals surface area contributed by atoms with Crippen LogP contribution >= 0.6 is 23.4 Å². The predicted octanol–water partition coefficient (Wildman–Crippen LogP) is 9.15. The molecule has 2 aliphatic rings. The number of ketones is 1. The van der Waals surface area contributed by atoms with Crippen molar-refractivity contribution in [3.63, 3.8) is 0 Å². The van der Waals surface area contributed by atoms with Gasteiger partial charge in [0.15, 0.2) is 29.4 Å². The van der Waals surface area contributed by atoms with Gasteiger partial charge in [-0.2, -0.15) is 0 Å². The van der Waals surface area contributed by atoms with Crippen molar-refractivity contribution in [2.75, 3.05) is 14.2 Å². The zero-order chi connectivity index (χ0) is 41.8. The summed E-state index contributed by atoms with van der Waals surface area (Å²) in [5, 5.41) is 4.21. The number of hydrogen-bond acceptors (Lipinski definition) is 11. The van der Waals surface area contributed by atoms with Gasteiger partial charge in [0.1, 0.15) is 36.2 Å². The number of fused-ring (bicyclic) bond motifs is 1. The van der Waals surface area contributed by atoms with E-state index in [1.165, 1.54) is 11.8 Å². The van der Waals surface area contributed by atoms with Gasteiger partial charge in [0, 0.05) is 11.6 Å². The number of carbonyl (C=O) groups excluding carboxylic acids is 3. The average molecular weight is 845 g/mol. The lowest BCUT2D eigenvalue weighted by Gasteiger charge is -2.38. The number of nitrogens with zero attached hydrogens (tertiary/aromatic N) is 2. The molecule has 13 heteroatoms. The molecule has 0 spiro atoms. The maximum Gasteiger partial charge on any atom is 0.331 e. The molecule has 1 aromatic heterocycles. The number of rotatable bonds is 16. The fourth-order valence-electron chi connectivity index (χ4n) is 7.37. The fraction of sp³-hybridized carbons (Fsp3) is 0.234. The number of hydrogen-bond donors (Lipinski definition) is 0. The summed E-state index contributed by atoms with van der Waals surface area (Å²) in [4.78, 5) is 42.9. The Morgan fingerprint density at radius 2 is 1.42 bits per heavy atom. The van der Waals surface area contributed by atoms with E-state index >= 15 is 0 Å². The van der Waals surface area contributed by atoms with Crippen LogP contribution in [0.2, 0.25) is 5.02 Å². The number of thioether (sulfide) groups is 1. The van der Waals surface area contributed by atoms with E-state index in [2.05, 4.69) is 5.16 Å². The molecule has 0 bridgehead atoms. The van der Waals surface area contributed by atoms with Gasteiger partial charge in [-0.15, -0.1) is 11.8 Å². The van der Waals surface area contributed by atoms with Crippen LogP contribution in [-0.2, 0) is 38.7 Å².